The third-order valence-electron chi connectivity index (χ3n) is 3.06. The van der Waals surface area contributed by atoms with Gasteiger partial charge in [-0.1, -0.05) is 30.2 Å². The largest absolute Gasteiger partial charge is 0.299 e. The van der Waals surface area contributed by atoms with Gasteiger partial charge in [-0.15, -0.1) is 0 Å². The molecule has 0 amide bonds. The van der Waals surface area contributed by atoms with Crippen LogP contribution in [-0.2, 0) is 4.79 Å². The molecule has 2 rings (SSSR count). The zero-order valence-electron chi connectivity index (χ0n) is 8.26. The number of hydrogen-bond donors (Lipinski definition) is 0. The average molecular weight is 211 g/mol. The minimum Gasteiger partial charge on any atom is -0.299 e. The van der Waals surface area contributed by atoms with E-state index in [1.165, 1.54) is 0 Å². The molecular formula is C12H15ClO. The fourth-order valence-corrected chi connectivity index (χ4v) is 2.60. The number of rotatable bonds is 1. The lowest BCUT2D eigenvalue weighted by atomic mass is 9.81. The molecule has 0 N–H and O–H groups in total. The lowest BCUT2D eigenvalue weighted by Gasteiger charge is -2.24. The third-order valence-corrected chi connectivity index (χ3v) is 3.43. The first-order valence-corrected chi connectivity index (χ1v) is 5.75. The normalized spacial score (nSPS) is 28.4. The highest BCUT2D eigenvalue weighted by Gasteiger charge is 2.27. The molecule has 0 heterocycles. The molecule has 1 fully saturated rings. The zero-order valence-corrected chi connectivity index (χ0v) is 9.02. The summed E-state index contributed by atoms with van der Waals surface area (Å²) in [5.41, 5.74) is 1.10. The Balaban J connectivity index is 2.16. The van der Waals surface area contributed by atoms with Crippen LogP contribution in [0.4, 0.5) is 0 Å². The van der Waals surface area contributed by atoms with E-state index in [1.807, 2.05) is 6.08 Å². The molecule has 1 unspecified atom stereocenters. The van der Waals surface area contributed by atoms with Gasteiger partial charge in [0.1, 0.15) is 5.78 Å². The lowest BCUT2D eigenvalue weighted by Crippen LogP contribution is -2.21. The summed E-state index contributed by atoms with van der Waals surface area (Å²) in [7, 11) is 0. The molecule has 2 aliphatic carbocycles. The standard InChI is InChI=1S/C12H15ClO/c13-11-7-3-1-5-9(11)10-6-2-4-8-12(10)14/h5,7,10H,1-4,6,8H2. The van der Waals surface area contributed by atoms with Crippen molar-refractivity contribution in [1.82, 2.24) is 0 Å². The van der Waals surface area contributed by atoms with E-state index >= 15 is 0 Å². The molecule has 14 heavy (non-hydrogen) atoms. The first-order valence-electron chi connectivity index (χ1n) is 5.38. The van der Waals surface area contributed by atoms with Crippen molar-refractivity contribution in [2.45, 2.75) is 38.5 Å². The first-order chi connectivity index (χ1) is 6.79. The van der Waals surface area contributed by atoms with Crippen LogP contribution in [0.2, 0.25) is 0 Å². The van der Waals surface area contributed by atoms with Gasteiger partial charge in [0.25, 0.3) is 0 Å². The molecule has 0 aromatic rings. The van der Waals surface area contributed by atoms with E-state index in [9.17, 15) is 4.79 Å². The molecule has 76 valence electrons. The second-order valence-corrected chi connectivity index (χ2v) is 4.46. The highest BCUT2D eigenvalue weighted by atomic mass is 35.5. The summed E-state index contributed by atoms with van der Waals surface area (Å²) in [5, 5.41) is 0.816. The van der Waals surface area contributed by atoms with Crippen molar-refractivity contribution in [3.8, 4) is 0 Å². The number of halogens is 1. The molecule has 0 saturated heterocycles. The van der Waals surface area contributed by atoms with Gasteiger partial charge in [-0.3, -0.25) is 4.79 Å². The molecule has 0 spiro atoms. The van der Waals surface area contributed by atoms with Crippen LogP contribution in [0.15, 0.2) is 22.8 Å². The van der Waals surface area contributed by atoms with Crippen molar-refractivity contribution in [3.05, 3.63) is 22.8 Å². The molecule has 0 radical (unpaired) electrons. The number of ketones is 1. The topological polar surface area (TPSA) is 17.1 Å². The Morgan fingerprint density at radius 2 is 2.00 bits per heavy atom. The van der Waals surface area contributed by atoms with Crippen LogP contribution in [0, 0.1) is 5.92 Å². The Kier molecular flexibility index (Phi) is 3.07. The summed E-state index contributed by atoms with van der Waals surface area (Å²) < 4.78 is 0. The molecule has 0 aromatic carbocycles. The van der Waals surface area contributed by atoms with Gasteiger partial charge in [-0.25, -0.2) is 0 Å². The van der Waals surface area contributed by atoms with Crippen molar-refractivity contribution >= 4 is 17.4 Å². The molecular weight excluding hydrogens is 196 g/mol. The van der Waals surface area contributed by atoms with Gasteiger partial charge < -0.3 is 0 Å². The Hall–Kier alpha value is -0.560. The Labute approximate surface area is 89.8 Å². The number of Topliss-reactive ketones (excluding diaryl/α,β-unsaturated/α-hetero) is 1. The minimum absolute atomic E-state index is 0.104. The average Bonchev–Trinajstić information content (AvgIpc) is 2.20. The van der Waals surface area contributed by atoms with E-state index in [1.54, 1.807) is 0 Å². The van der Waals surface area contributed by atoms with Crippen LogP contribution < -0.4 is 0 Å². The van der Waals surface area contributed by atoms with Gasteiger partial charge in [-0.05, 0) is 31.3 Å². The van der Waals surface area contributed by atoms with Crippen molar-refractivity contribution in [2.24, 2.45) is 5.92 Å². The summed E-state index contributed by atoms with van der Waals surface area (Å²) in [6.45, 7) is 0. The van der Waals surface area contributed by atoms with E-state index in [4.69, 9.17) is 11.6 Å². The number of allylic oxidation sites excluding steroid dienone is 4. The van der Waals surface area contributed by atoms with Crippen molar-refractivity contribution in [1.29, 1.82) is 0 Å². The predicted octanol–water partition coefficient (Wildman–Crippen LogP) is 3.59. The fourth-order valence-electron chi connectivity index (χ4n) is 2.28. The van der Waals surface area contributed by atoms with Gasteiger partial charge in [0, 0.05) is 17.4 Å². The number of hydrogen-bond acceptors (Lipinski definition) is 1. The van der Waals surface area contributed by atoms with Gasteiger partial charge in [-0.2, -0.15) is 0 Å². The summed E-state index contributed by atoms with van der Waals surface area (Å²) in [6.07, 6.45) is 10.2. The van der Waals surface area contributed by atoms with Crippen molar-refractivity contribution in [3.63, 3.8) is 0 Å². The van der Waals surface area contributed by atoms with Crippen LogP contribution in [0.25, 0.3) is 0 Å². The van der Waals surface area contributed by atoms with Crippen LogP contribution in [0.1, 0.15) is 38.5 Å². The maximum absolute atomic E-state index is 11.7. The van der Waals surface area contributed by atoms with Crippen LogP contribution in [-0.4, -0.2) is 5.78 Å². The highest BCUT2D eigenvalue weighted by molar-refractivity contribution is 6.32. The van der Waals surface area contributed by atoms with Gasteiger partial charge in [0.2, 0.25) is 0 Å². The fraction of sp³-hybridized carbons (Fsp3) is 0.583. The van der Waals surface area contributed by atoms with E-state index in [0.29, 0.717) is 5.78 Å². The molecule has 1 atom stereocenters. The maximum Gasteiger partial charge on any atom is 0.140 e. The minimum atomic E-state index is 0.104. The smallest absolute Gasteiger partial charge is 0.140 e. The molecule has 1 saturated carbocycles. The van der Waals surface area contributed by atoms with Crippen LogP contribution in [0.3, 0.4) is 0 Å². The van der Waals surface area contributed by atoms with Crippen LogP contribution in [0.5, 0.6) is 0 Å². The molecule has 0 aliphatic heterocycles. The van der Waals surface area contributed by atoms with Gasteiger partial charge in [0.15, 0.2) is 0 Å². The van der Waals surface area contributed by atoms with E-state index in [-0.39, 0.29) is 5.92 Å². The molecule has 0 bridgehead atoms. The summed E-state index contributed by atoms with van der Waals surface area (Å²) in [5.74, 6) is 0.490. The first kappa shape index (κ1) is 9.97. The zero-order chi connectivity index (χ0) is 9.97. The quantitative estimate of drug-likeness (QED) is 0.647. The number of carbonyl (C=O) groups excluding carboxylic acids is 1. The predicted molar refractivity (Wildman–Crippen MR) is 58.2 cm³/mol. The monoisotopic (exact) mass is 210 g/mol. The van der Waals surface area contributed by atoms with Crippen LogP contribution >= 0.6 is 11.6 Å². The summed E-state index contributed by atoms with van der Waals surface area (Å²) >= 11 is 6.12. The molecule has 1 nitrogen and oxygen atoms in total. The molecule has 2 aliphatic rings. The highest BCUT2D eigenvalue weighted by Crippen LogP contribution is 2.35. The van der Waals surface area contributed by atoms with E-state index in [2.05, 4.69) is 6.08 Å². The van der Waals surface area contributed by atoms with E-state index < -0.39 is 0 Å². The number of carbonyl (C=O) groups is 1. The second kappa shape index (κ2) is 4.31. The third kappa shape index (κ3) is 1.93. The van der Waals surface area contributed by atoms with E-state index in [0.717, 1.165) is 49.1 Å². The maximum atomic E-state index is 11.7. The Morgan fingerprint density at radius 3 is 2.71 bits per heavy atom. The van der Waals surface area contributed by atoms with Crippen molar-refractivity contribution in [2.75, 3.05) is 0 Å². The Morgan fingerprint density at radius 1 is 1.21 bits per heavy atom. The Bertz CT molecular complexity index is 301. The SMILES string of the molecule is O=C1CCCCC1C1=CCCC=C1Cl. The summed E-state index contributed by atoms with van der Waals surface area (Å²) in [6, 6.07) is 0. The van der Waals surface area contributed by atoms with Gasteiger partial charge in [0.05, 0.1) is 0 Å². The second-order valence-electron chi connectivity index (χ2n) is 4.05. The lowest BCUT2D eigenvalue weighted by molar-refractivity contribution is -0.123. The van der Waals surface area contributed by atoms with Crippen molar-refractivity contribution < 1.29 is 4.79 Å². The molecule has 2 heteroatoms. The van der Waals surface area contributed by atoms with Gasteiger partial charge >= 0.3 is 0 Å². The summed E-state index contributed by atoms with van der Waals surface area (Å²) in [4.78, 5) is 11.7. The molecule has 0 aromatic heterocycles.